The maximum Gasteiger partial charge on any atom is 0.119 e. The topological polar surface area (TPSA) is 21.3 Å². The Kier molecular flexibility index (Phi) is 7.14. The van der Waals surface area contributed by atoms with Gasteiger partial charge in [-0.2, -0.15) is 0 Å². The standard InChI is InChI=1S/C15H24ClNO/c1-4-17-8-6-5-7-9-18-14-10-12(2)15(16)13(3)11-14/h10-11,17H,4-9H2,1-3H3. The van der Waals surface area contributed by atoms with Crippen molar-refractivity contribution in [3.63, 3.8) is 0 Å². The van der Waals surface area contributed by atoms with Crippen LogP contribution in [0.4, 0.5) is 0 Å². The number of unbranched alkanes of at least 4 members (excludes halogenated alkanes) is 2. The van der Waals surface area contributed by atoms with E-state index in [-0.39, 0.29) is 0 Å². The highest BCUT2D eigenvalue weighted by molar-refractivity contribution is 6.32. The van der Waals surface area contributed by atoms with E-state index in [0.29, 0.717) is 0 Å². The molecule has 0 aromatic heterocycles. The number of hydrogen-bond acceptors (Lipinski definition) is 2. The molecule has 0 atom stereocenters. The monoisotopic (exact) mass is 269 g/mol. The van der Waals surface area contributed by atoms with Crippen molar-refractivity contribution in [1.29, 1.82) is 0 Å². The zero-order valence-corrected chi connectivity index (χ0v) is 12.4. The van der Waals surface area contributed by atoms with Gasteiger partial charge in [0.05, 0.1) is 6.61 Å². The number of ether oxygens (including phenoxy) is 1. The van der Waals surface area contributed by atoms with Crippen LogP contribution in [0.1, 0.15) is 37.3 Å². The Balaban J connectivity index is 2.23. The number of hydrogen-bond donors (Lipinski definition) is 1. The summed E-state index contributed by atoms with van der Waals surface area (Å²) < 4.78 is 5.75. The molecule has 18 heavy (non-hydrogen) atoms. The largest absolute Gasteiger partial charge is 0.494 e. The fraction of sp³-hybridized carbons (Fsp3) is 0.600. The predicted octanol–water partition coefficient (Wildman–Crippen LogP) is 4.12. The summed E-state index contributed by atoms with van der Waals surface area (Å²) in [6.07, 6.45) is 3.53. The van der Waals surface area contributed by atoms with Gasteiger partial charge in [0.2, 0.25) is 0 Å². The molecular formula is C15H24ClNO. The van der Waals surface area contributed by atoms with Crippen molar-refractivity contribution in [1.82, 2.24) is 5.32 Å². The van der Waals surface area contributed by atoms with Crippen LogP contribution in [0.2, 0.25) is 5.02 Å². The van der Waals surface area contributed by atoms with Gasteiger partial charge in [0.15, 0.2) is 0 Å². The lowest BCUT2D eigenvalue weighted by atomic mass is 10.1. The van der Waals surface area contributed by atoms with Gasteiger partial charge in [-0.25, -0.2) is 0 Å². The van der Waals surface area contributed by atoms with Crippen molar-refractivity contribution in [2.24, 2.45) is 0 Å². The van der Waals surface area contributed by atoms with Gasteiger partial charge in [-0.1, -0.05) is 18.5 Å². The highest BCUT2D eigenvalue weighted by Crippen LogP contribution is 2.25. The molecule has 0 spiro atoms. The smallest absolute Gasteiger partial charge is 0.119 e. The van der Waals surface area contributed by atoms with Gasteiger partial charge in [-0.3, -0.25) is 0 Å². The summed E-state index contributed by atoms with van der Waals surface area (Å²) in [7, 11) is 0. The molecule has 0 saturated heterocycles. The third kappa shape index (κ3) is 5.28. The zero-order chi connectivity index (χ0) is 13.4. The summed E-state index contributed by atoms with van der Waals surface area (Å²) in [5.41, 5.74) is 2.16. The Morgan fingerprint density at radius 2 is 1.78 bits per heavy atom. The summed E-state index contributed by atoms with van der Waals surface area (Å²) in [5.74, 6) is 0.932. The maximum absolute atomic E-state index is 6.12. The van der Waals surface area contributed by atoms with Gasteiger partial charge in [0.25, 0.3) is 0 Å². The summed E-state index contributed by atoms with van der Waals surface area (Å²) in [4.78, 5) is 0. The number of benzene rings is 1. The molecule has 102 valence electrons. The molecule has 0 saturated carbocycles. The zero-order valence-electron chi connectivity index (χ0n) is 11.7. The van der Waals surface area contributed by atoms with Crippen molar-refractivity contribution in [2.45, 2.75) is 40.0 Å². The van der Waals surface area contributed by atoms with Crippen LogP contribution in [0.15, 0.2) is 12.1 Å². The second kappa shape index (κ2) is 8.39. The van der Waals surface area contributed by atoms with Gasteiger partial charge in [-0.05, 0) is 69.5 Å². The average molecular weight is 270 g/mol. The third-order valence-corrected chi connectivity index (χ3v) is 3.52. The Bertz CT molecular complexity index is 343. The van der Waals surface area contributed by atoms with Crippen molar-refractivity contribution < 1.29 is 4.74 Å². The molecule has 0 bridgehead atoms. The molecule has 0 aliphatic heterocycles. The lowest BCUT2D eigenvalue weighted by Crippen LogP contribution is -2.14. The van der Waals surface area contributed by atoms with Crippen LogP contribution >= 0.6 is 11.6 Å². The normalized spacial score (nSPS) is 10.7. The molecule has 0 radical (unpaired) electrons. The van der Waals surface area contributed by atoms with Crippen LogP contribution in [0.5, 0.6) is 5.75 Å². The second-order valence-corrected chi connectivity index (χ2v) is 5.01. The molecule has 0 amide bonds. The first-order chi connectivity index (χ1) is 8.65. The van der Waals surface area contributed by atoms with E-state index >= 15 is 0 Å². The molecule has 0 aliphatic rings. The van der Waals surface area contributed by atoms with Crippen LogP contribution in [-0.4, -0.2) is 19.7 Å². The number of nitrogens with one attached hydrogen (secondary N) is 1. The van der Waals surface area contributed by atoms with Crippen molar-refractivity contribution in [3.05, 3.63) is 28.3 Å². The Morgan fingerprint density at radius 1 is 1.11 bits per heavy atom. The van der Waals surface area contributed by atoms with Crippen molar-refractivity contribution in [3.8, 4) is 5.75 Å². The summed E-state index contributed by atoms with van der Waals surface area (Å²) in [5, 5.41) is 4.16. The average Bonchev–Trinajstić information content (AvgIpc) is 2.34. The van der Waals surface area contributed by atoms with Crippen LogP contribution in [0, 0.1) is 13.8 Å². The van der Waals surface area contributed by atoms with Crippen LogP contribution in [-0.2, 0) is 0 Å². The summed E-state index contributed by atoms with van der Waals surface area (Å²) in [6, 6.07) is 4.02. The lowest BCUT2D eigenvalue weighted by molar-refractivity contribution is 0.304. The third-order valence-electron chi connectivity index (χ3n) is 2.93. The fourth-order valence-corrected chi connectivity index (χ4v) is 1.99. The molecule has 0 heterocycles. The first kappa shape index (κ1) is 15.3. The van der Waals surface area contributed by atoms with E-state index in [1.54, 1.807) is 0 Å². The van der Waals surface area contributed by atoms with Gasteiger partial charge in [0.1, 0.15) is 5.75 Å². The van der Waals surface area contributed by atoms with E-state index in [0.717, 1.165) is 48.0 Å². The number of halogens is 1. The Labute approximate surface area is 116 Å². The maximum atomic E-state index is 6.12. The second-order valence-electron chi connectivity index (χ2n) is 4.63. The van der Waals surface area contributed by atoms with E-state index in [2.05, 4.69) is 12.2 Å². The number of rotatable bonds is 8. The minimum atomic E-state index is 0.784. The fourth-order valence-electron chi connectivity index (χ4n) is 1.89. The lowest BCUT2D eigenvalue weighted by Gasteiger charge is -2.10. The molecule has 1 aromatic carbocycles. The van der Waals surface area contributed by atoms with E-state index in [9.17, 15) is 0 Å². The first-order valence-corrected chi connectivity index (χ1v) is 7.13. The quantitative estimate of drug-likeness (QED) is 0.717. The first-order valence-electron chi connectivity index (χ1n) is 6.75. The molecule has 0 aliphatic carbocycles. The minimum Gasteiger partial charge on any atom is -0.494 e. The summed E-state index contributed by atoms with van der Waals surface area (Å²) in [6.45, 7) is 9.10. The molecule has 3 heteroatoms. The van der Waals surface area contributed by atoms with Gasteiger partial charge >= 0.3 is 0 Å². The molecule has 0 fully saturated rings. The Morgan fingerprint density at radius 3 is 2.39 bits per heavy atom. The molecule has 1 N–H and O–H groups in total. The SMILES string of the molecule is CCNCCCCCOc1cc(C)c(Cl)c(C)c1. The van der Waals surface area contributed by atoms with E-state index in [1.807, 2.05) is 26.0 Å². The van der Waals surface area contributed by atoms with Crippen LogP contribution in [0.3, 0.4) is 0 Å². The molecular weight excluding hydrogens is 246 g/mol. The molecule has 1 aromatic rings. The molecule has 2 nitrogen and oxygen atoms in total. The van der Waals surface area contributed by atoms with Gasteiger partial charge < -0.3 is 10.1 Å². The highest BCUT2D eigenvalue weighted by Gasteiger charge is 2.03. The molecule has 1 rings (SSSR count). The van der Waals surface area contributed by atoms with Crippen molar-refractivity contribution >= 4 is 11.6 Å². The van der Waals surface area contributed by atoms with Gasteiger partial charge in [-0.15, -0.1) is 0 Å². The van der Waals surface area contributed by atoms with Crippen LogP contribution < -0.4 is 10.1 Å². The van der Waals surface area contributed by atoms with E-state index in [1.165, 1.54) is 12.8 Å². The number of aryl methyl sites for hydroxylation is 2. The highest BCUT2D eigenvalue weighted by atomic mass is 35.5. The Hall–Kier alpha value is -0.730. The van der Waals surface area contributed by atoms with E-state index < -0.39 is 0 Å². The van der Waals surface area contributed by atoms with Crippen LogP contribution in [0.25, 0.3) is 0 Å². The summed E-state index contributed by atoms with van der Waals surface area (Å²) >= 11 is 6.12. The van der Waals surface area contributed by atoms with Crippen molar-refractivity contribution in [2.75, 3.05) is 19.7 Å². The minimum absolute atomic E-state index is 0.784. The van der Waals surface area contributed by atoms with E-state index in [4.69, 9.17) is 16.3 Å². The predicted molar refractivity (Wildman–Crippen MR) is 78.8 cm³/mol. The molecule has 0 unspecified atom stereocenters. The van der Waals surface area contributed by atoms with Gasteiger partial charge in [0, 0.05) is 5.02 Å².